The number of carbonyl (C=O) groups excluding carboxylic acids is 1. The number of nitrogens with zero attached hydrogens (tertiary/aromatic N) is 2. The van der Waals surface area contributed by atoms with Crippen molar-refractivity contribution in [3.8, 4) is 11.5 Å². The summed E-state index contributed by atoms with van der Waals surface area (Å²) in [6.07, 6.45) is 1.45. The Balaban J connectivity index is 2.05. The highest BCUT2D eigenvalue weighted by Crippen LogP contribution is 2.30. The lowest BCUT2D eigenvalue weighted by atomic mass is 10.1. The van der Waals surface area contributed by atoms with Gasteiger partial charge in [-0.2, -0.15) is 0 Å². The lowest BCUT2D eigenvalue weighted by Crippen LogP contribution is -2.24. The van der Waals surface area contributed by atoms with Crippen LogP contribution in [-0.4, -0.2) is 29.7 Å². The average molecular weight is 385 g/mol. The third-order valence-corrected chi connectivity index (χ3v) is 4.30. The highest BCUT2D eigenvalue weighted by Gasteiger charge is 2.24. The Morgan fingerprint density at radius 1 is 1.29 bits per heavy atom. The fourth-order valence-corrected chi connectivity index (χ4v) is 3.02. The van der Waals surface area contributed by atoms with Crippen molar-refractivity contribution in [3.05, 3.63) is 46.2 Å². The van der Waals surface area contributed by atoms with Crippen LogP contribution in [0.25, 0.3) is 11.1 Å². The van der Waals surface area contributed by atoms with E-state index in [4.69, 9.17) is 13.9 Å². The van der Waals surface area contributed by atoms with Crippen LogP contribution in [0.5, 0.6) is 11.5 Å². The molecule has 0 unspecified atom stereocenters. The molecular formula is C20H23N3O5. The minimum Gasteiger partial charge on any atom is -0.497 e. The molecule has 0 atom stereocenters. The summed E-state index contributed by atoms with van der Waals surface area (Å²) in [5.41, 5.74) is 0.466. The molecule has 0 aliphatic heterocycles. The predicted octanol–water partition coefficient (Wildman–Crippen LogP) is 3.22. The van der Waals surface area contributed by atoms with Gasteiger partial charge in [0.05, 0.1) is 25.5 Å². The normalized spacial score (nSPS) is 11.1. The summed E-state index contributed by atoms with van der Waals surface area (Å²) < 4.78 is 17.5. The van der Waals surface area contributed by atoms with Gasteiger partial charge in [-0.15, -0.1) is 0 Å². The Hall–Kier alpha value is -3.29. The van der Waals surface area contributed by atoms with Crippen LogP contribution in [0.3, 0.4) is 0 Å². The molecule has 0 bridgehead atoms. The fraction of sp³-hybridized carbons (Fsp3) is 0.350. The molecule has 0 aliphatic rings. The second-order valence-corrected chi connectivity index (χ2v) is 6.83. The van der Waals surface area contributed by atoms with Gasteiger partial charge in [-0.1, -0.05) is 13.8 Å². The second-order valence-electron chi connectivity index (χ2n) is 6.83. The zero-order valence-electron chi connectivity index (χ0n) is 16.5. The summed E-state index contributed by atoms with van der Waals surface area (Å²) in [5, 5.41) is 2.95. The average Bonchev–Trinajstić information content (AvgIpc) is 3.01. The quantitative estimate of drug-likeness (QED) is 0.700. The van der Waals surface area contributed by atoms with Crippen LogP contribution in [-0.2, 0) is 6.54 Å². The van der Waals surface area contributed by atoms with E-state index in [0.717, 1.165) is 0 Å². The molecule has 2 aromatic heterocycles. The van der Waals surface area contributed by atoms with E-state index < -0.39 is 5.91 Å². The van der Waals surface area contributed by atoms with Crippen molar-refractivity contribution in [3.63, 3.8) is 0 Å². The van der Waals surface area contributed by atoms with Gasteiger partial charge in [0.15, 0.2) is 0 Å². The smallest absolute Gasteiger partial charge is 0.265 e. The van der Waals surface area contributed by atoms with E-state index in [2.05, 4.69) is 10.3 Å². The van der Waals surface area contributed by atoms with Crippen molar-refractivity contribution in [1.82, 2.24) is 9.55 Å². The number of hydrogen-bond acceptors (Lipinski definition) is 6. The first-order chi connectivity index (χ1) is 13.3. The monoisotopic (exact) mass is 385 g/mol. The topological polar surface area (TPSA) is 95.6 Å². The van der Waals surface area contributed by atoms with Gasteiger partial charge in [-0.3, -0.25) is 14.2 Å². The van der Waals surface area contributed by atoms with Crippen LogP contribution < -0.4 is 20.3 Å². The zero-order valence-corrected chi connectivity index (χ0v) is 16.5. The maximum absolute atomic E-state index is 13.0. The molecule has 3 aromatic rings. The lowest BCUT2D eigenvalue weighted by Gasteiger charge is -2.11. The summed E-state index contributed by atoms with van der Waals surface area (Å²) >= 11 is 0. The molecule has 1 amide bonds. The molecule has 8 nitrogen and oxygen atoms in total. The molecule has 0 fully saturated rings. The number of ether oxygens (including phenoxy) is 2. The van der Waals surface area contributed by atoms with Crippen LogP contribution >= 0.6 is 0 Å². The minimum absolute atomic E-state index is 0.148. The SMILES string of the molecule is COc1ccc(NC(=O)c2c(C)oc3ncn(CC(C)C)c(=O)c23)c(OC)c1. The Morgan fingerprint density at radius 2 is 2.04 bits per heavy atom. The third kappa shape index (κ3) is 3.58. The van der Waals surface area contributed by atoms with Gasteiger partial charge in [0.25, 0.3) is 11.5 Å². The highest BCUT2D eigenvalue weighted by atomic mass is 16.5. The molecule has 148 valence electrons. The largest absolute Gasteiger partial charge is 0.497 e. The Bertz CT molecular complexity index is 1080. The number of aromatic nitrogens is 2. The van der Waals surface area contributed by atoms with Crippen LogP contribution in [0, 0.1) is 12.8 Å². The number of anilines is 1. The van der Waals surface area contributed by atoms with Gasteiger partial charge in [-0.25, -0.2) is 4.98 Å². The van der Waals surface area contributed by atoms with Crippen LogP contribution in [0.1, 0.15) is 30.0 Å². The van der Waals surface area contributed by atoms with Gasteiger partial charge >= 0.3 is 0 Å². The van der Waals surface area contributed by atoms with E-state index in [1.807, 2.05) is 13.8 Å². The maximum atomic E-state index is 13.0. The van der Waals surface area contributed by atoms with Crippen molar-refractivity contribution in [2.75, 3.05) is 19.5 Å². The Morgan fingerprint density at radius 3 is 2.68 bits per heavy atom. The molecule has 2 heterocycles. The summed E-state index contributed by atoms with van der Waals surface area (Å²) in [5.74, 6) is 1.15. The molecule has 8 heteroatoms. The number of methoxy groups -OCH3 is 2. The lowest BCUT2D eigenvalue weighted by molar-refractivity contribution is 0.102. The first-order valence-electron chi connectivity index (χ1n) is 8.87. The van der Waals surface area contributed by atoms with Crippen LogP contribution in [0.15, 0.2) is 33.7 Å². The summed E-state index contributed by atoms with van der Waals surface area (Å²) in [4.78, 5) is 30.1. The van der Waals surface area contributed by atoms with E-state index in [1.165, 1.54) is 18.0 Å². The number of benzene rings is 1. The maximum Gasteiger partial charge on any atom is 0.265 e. The van der Waals surface area contributed by atoms with Crippen molar-refractivity contribution >= 4 is 22.7 Å². The summed E-state index contributed by atoms with van der Waals surface area (Å²) in [6.45, 7) is 6.13. The summed E-state index contributed by atoms with van der Waals surface area (Å²) in [7, 11) is 3.04. The van der Waals surface area contributed by atoms with Crippen molar-refractivity contribution < 1.29 is 18.7 Å². The van der Waals surface area contributed by atoms with E-state index in [-0.39, 0.29) is 28.1 Å². The van der Waals surface area contributed by atoms with Crippen molar-refractivity contribution in [2.24, 2.45) is 5.92 Å². The number of carbonyl (C=O) groups is 1. The molecule has 1 N–H and O–H groups in total. The van der Waals surface area contributed by atoms with Gasteiger partial charge in [0, 0.05) is 12.6 Å². The zero-order chi connectivity index (χ0) is 20.4. The number of furan rings is 1. The molecule has 0 aliphatic carbocycles. The molecule has 3 rings (SSSR count). The van der Waals surface area contributed by atoms with E-state index >= 15 is 0 Å². The van der Waals surface area contributed by atoms with E-state index in [0.29, 0.717) is 29.5 Å². The number of rotatable bonds is 6. The highest BCUT2D eigenvalue weighted by molar-refractivity contribution is 6.13. The number of nitrogens with one attached hydrogen (secondary N) is 1. The number of aryl methyl sites for hydroxylation is 1. The Labute approximate surface area is 162 Å². The molecule has 0 radical (unpaired) electrons. The number of amides is 1. The number of hydrogen-bond donors (Lipinski definition) is 1. The standard InChI is InChI=1S/C20H23N3O5/c1-11(2)9-23-10-21-19-17(20(23)25)16(12(3)28-19)18(24)22-14-7-6-13(26-4)8-15(14)27-5/h6-8,10-11H,9H2,1-5H3,(H,22,24). The van der Waals surface area contributed by atoms with Crippen LogP contribution in [0.2, 0.25) is 0 Å². The van der Waals surface area contributed by atoms with E-state index in [1.54, 1.807) is 32.2 Å². The molecule has 1 aromatic carbocycles. The third-order valence-electron chi connectivity index (χ3n) is 4.30. The van der Waals surface area contributed by atoms with Gasteiger partial charge in [-0.05, 0) is 25.0 Å². The molecule has 0 saturated carbocycles. The van der Waals surface area contributed by atoms with Gasteiger partial charge < -0.3 is 19.2 Å². The first kappa shape index (κ1) is 19.5. The van der Waals surface area contributed by atoms with Crippen LogP contribution in [0.4, 0.5) is 5.69 Å². The predicted molar refractivity (Wildman–Crippen MR) is 105 cm³/mol. The second kappa shape index (κ2) is 7.75. The fourth-order valence-electron chi connectivity index (χ4n) is 3.02. The minimum atomic E-state index is -0.471. The molecular weight excluding hydrogens is 362 g/mol. The van der Waals surface area contributed by atoms with E-state index in [9.17, 15) is 9.59 Å². The molecule has 0 spiro atoms. The van der Waals surface area contributed by atoms with Gasteiger partial charge in [0.1, 0.15) is 29.0 Å². The van der Waals surface area contributed by atoms with Crippen molar-refractivity contribution in [1.29, 1.82) is 0 Å². The summed E-state index contributed by atoms with van der Waals surface area (Å²) in [6, 6.07) is 5.03. The Kier molecular flexibility index (Phi) is 5.39. The first-order valence-corrected chi connectivity index (χ1v) is 8.87. The molecule has 28 heavy (non-hydrogen) atoms. The molecule has 0 saturated heterocycles. The number of fused-ring (bicyclic) bond motifs is 1. The van der Waals surface area contributed by atoms with Crippen molar-refractivity contribution in [2.45, 2.75) is 27.3 Å². The van der Waals surface area contributed by atoms with Gasteiger partial charge in [0.2, 0.25) is 5.71 Å².